The lowest BCUT2D eigenvalue weighted by molar-refractivity contribution is -0.147. The van der Waals surface area contributed by atoms with E-state index in [0.717, 1.165) is 31.8 Å². The fraction of sp³-hybridized carbons (Fsp3) is 0.933. The summed E-state index contributed by atoms with van der Waals surface area (Å²) < 4.78 is 0. The second kappa shape index (κ2) is 7.13. The van der Waals surface area contributed by atoms with Gasteiger partial charge in [0.2, 0.25) is 0 Å². The maximum Gasteiger partial charge on any atom is 0.309 e. The maximum atomic E-state index is 11.0. The summed E-state index contributed by atoms with van der Waals surface area (Å²) in [5.74, 6) is -0.678. The molecule has 1 aliphatic carbocycles. The molecule has 1 N–H and O–H groups in total. The number of unbranched alkanes of at least 4 members (excludes halogenated alkanes) is 1. The standard InChI is InChI=1S/C15H29NO2/c1-15(2,14(17)18)11-7-8-12-16(3)13-9-5-4-6-10-13/h13H,4-12H2,1-3H3,(H,17,18). The average molecular weight is 255 g/mol. The summed E-state index contributed by atoms with van der Waals surface area (Å²) in [5.41, 5.74) is -0.566. The first-order valence-electron chi connectivity index (χ1n) is 7.37. The van der Waals surface area contributed by atoms with E-state index in [2.05, 4.69) is 11.9 Å². The quantitative estimate of drug-likeness (QED) is 0.707. The molecule has 0 aromatic heterocycles. The van der Waals surface area contributed by atoms with Crippen molar-refractivity contribution < 1.29 is 9.90 Å². The molecule has 0 radical (unpaired) electrons. The van der Waals surface area contributed by atoms with Crippen molar-refractivity contribution in [2.45, 2.75) is 71.3 Å². The molecular formula is C15H29NO2. The highest BCUT2D eigenvalue weighted by Crippen LogP contribution is 2.25. The summed E-state index contributed by atoms with van der Waals surface area (Å²) in [6.45, 7) is 4.75. The molecule has 0 unspecified atom stereocenters. The molecule has 0 spiro atoms. The highest BCUT2D eigenvalue weighted by Gasteiger charge is 2.26. The summed E-state index contributed by atoms with van der Waals surface area (Å²) in [5, 5.41) is 9.04. The van der Waals surface area contributed by atoms with Crippen LogP contribution in [0.3, 0.4) is 0 Å². The van der Waals surface area contributed by atoms with Gasteiger partial charge in [0.1, 0.15) is 0 Å². The van der Waals surface area contributed by atoms with Crippen LogP contribution in [-0.4, -0.2) is 35.6 Å². The number of carbonyl (C=O) groups is 1. The van der Waals surface area contributed by atoms with Crippen LogP contribution in [0.4, 0.5) is 0 Å². The van der Waals surface area contributed by atoms with Crippen LogP contribution in [0.15, 0.2) is 0 Å². The lowest BCUT2D eigenvalue weighted by Crippen LogP contribution is -2.34. The number of carboxylic acid groups (broad SMARTS) is 1. The van der Waals surface area contributed by atoms with Crippen LogP contribution in [0.5, 0.6) is 0 Å². The van der Waals surface area contributed by atoms with Crippen LogP contribution in [0.1, 0.15) is 65.2 Å². The Morgan fingerprint density at radius 3 is 2.39 bits per heavy atom. The van der Waals surface area contributed by atoms with Gasteiger partial charge in [0, 0.05) is 6.04 Å². The van der Waals surface area contributed by atoms with E-state index in [9.17, 15) is 4.79 Å². The number of hydrogen-bond acceptors (Lipinski definition) is 2. The second-order valence-corrected chi connectivity index (χ2v) is 6.42. The number of aliphatic carboxylic acids is 1. The predicted octanol–water partition coefficient (Wildman–Crippen LogP) is 3.53. The van der Waals surface area contributed by atoms with E-state index in [-0.39, 0.29) is 0 Å². The minimum Gasteiger partial charge on any atom is -0.481 e. The molecule has 0 aromatic carbocycles. The summed E-state index contributed by atoms with van der Waals surface area (Å²) in [4.78, 5) is 13.5. The zero-order chi connectivity index (χ0) is 13.6. The van der Waals surface area contributed by atoms with Gasteiger partial charge in [-0.15, -0.1) is 0 Å². The largest absolute Gasteiger partial charge is 0.481 e. The molecular weight excluding hydrogens is 226 g/mol. The Bertz CT molecular complexity index is 257. The summed E-state index contributed by atoms with van der Waals surface area (Å²) in [7, 11) is 2.22. The normalized spacial score (nSPS) is 18.2. The first-order valence-corrected chi connectivity index (χ1v) is 7.37. The second-order valence-electron chi connectivity index (χ2n) is 6.42. The third kappa shape index (κ3) is 4.97. The molecule has 1 saturated carbocycles. The third-order valence-corrected chi connectivity index (χ3v) is 4.34. The van der Waals surface area contributed by atoms with Gasteiger partial charge in [-0.1, -0.05) is 25.7 Å². The number of carboxylic acids is 1. The minimum atomic E-state index is -0.678. The smallest absolute Gasteiger partial charge is 0.309 e. The molecule has 0 aromatic rings. The first-order chi connectivity index (χ1) is 8.43. The lowest BCUT2D eigenvalue weighted by atomic mass is 9.87. The third-order valence-electron chi connectivity index (χ3n) is 4.34. The molecule has 1 aliphatic rings. The molecule has 1 rings (SSSR count). The number of hydrogen-bond donors (Lipinski definition) is 1. The number of nitrogens with zero attached hydrogens (tertiary/aromatic N) is 1. The van der Waals surface area contributed by atoms with Gasteiger partial charge in [-0.2, -0.15) is 0 Å². The summed E-state index contributed by atoms with van der Waals surface area (Å²) in [6.07, 6.45) is 9.74. The van der Waals surface area contributed by atoms with Crippen molar-refractivity contribution in [1.29, 1.82) is 0 Å². The molecule has 106 valence electrons. The molecule has 0 amide bonds. The fourth-order valence-electron chi connectivity index (χ4n) is 2.74. The Hall–Kier alpha value is -0.570. The highest BCUT2D eigenvalue weighted by molar-refractivity contribution is 5.73. The van der Waals surface area contributed by atoms with Gasteiger partial charge in [-0.25, -0.2) is 0 Å². The molecule has 0 saturated heterocycles. The van der Waals surface area contributed by atoms with Crippen molar-refractivity contribution in [2.24, 2.45) is 5.41 Å². The summed E-state index contributed by atoms with van der Waals surface area (Å²) in [6, 6.07) is 0.770. The highest BCUT2D eigenvalue weighted by atomic mass is 16.4. The maximum absolute atomic E-state index is 11.0. The molecule has 0 bridgehead atoms. The van der Waals surface area contributed by atoms with Crippen LogP contribution < -0.4 is 0 Å². The molecule has 1 fully saturated rings. The van der Waals surface area contributed by atoms with Gasteiger partial charge in [-0.05, 0) is 53.1 Å². The van der Waals surface area contributed by atoms with Gasteiger partial charge in [0.05, 0.1) is 5.41 Å². The van der Waals surface area contributed by atoms with E-state index in [1.54, 1.807) is 0 Å². The van der Waals surface area contributed by atoms with Crippen LogP contribution in [0.2, 0.25) is 0 Å². The van der Waals surface area contributed by atoms with E-state index in [1.807, 2.05) is 13.8 Å². The van der Waals surface area contributed by atoms with E-state index in [0.29, 0.717) is 0 Å². The van der Waals surface area contributed by atoms with E-state index in [1.165, 1.54) is 32.1 Å². The van der Waals surface area contributed by atoms with Gasteiger partial charge in [-0.3, -0.25) is 4.79 Å². The van der Waals surface area contributed by atoms with Crippen molar-refractivity contribution in [3.8, 4) is 0 Å². The van der Waals surface area contributed by atoms with Gasteiger partial charge in [0.15, 0.2) is 0 Å². The van der Waals surface area contributed by atoms with Gasteiger partial charge in [0.25, 0.3) is 0 Å². The van der Waals surface area contributed by atoms with Crippen LogP contribution in [-0.2, 0) is 4.79 Å². The van der Waals surface area contributed by atoms with Crippen molar-refractivity contribution in [2.75, 3.05) is 13.6 Å². The minimum absolute atomic E-state index is 0.566. The van der Waals surface area contributed by atoms with Crippen molar-refractivity contribution in [1.82, 2.24) is 4.90 Å². The fourth-order valence-corrected chi connectivity index (χ4v) is 2.74. The topological polar surface area (TPSA) is 40.5 Å². The Balaban J connectivity index is 2.15. The predicted molar refractivity (Wildman–Crippen MR) is 74.8 cm³/mol. The van der Waals surface area contributed by atoms with Crippen molar-refractivity contribution >= 4 is 5.97 Å². The van der Waals surface area contributed by atoms with Crippen LogP contribution in [0, 0.1) is 5.41 Å². The number of rotatable bonds is 7. The SMILES string of the molecule is CN(CCCCC(C)(C)C(=O)O)C1CCCCC1. The van der Waals surface area contributed by atoms with Crippen molar-refractivity contribution in [3.05, 3.63) is 0 Å². The molecule has 3 nitrogen and oxygen atoms in total. The molecule has 0 atom stereocenters. The molecule has 0 heterocycles. The van der Waals surface area contributed by atoms with Crippen LogP contribution >= 0.6 is 0 Å². The average Bonchev–Trinajstić information content (AvgIpc) is 2.35. The first kappa shape index (κ1) is 15.5. The monoisotopic (exact) mass is 255 g/mol. The molecule has 0 aliphatic heterocycles. The van der Waals surface area contributed by atoms with E-state index < -0.39 is 11.4 Å². The molecule has 3 heteroatoms. The van der Waals surface area contributed by atoms with E-state index >= 15 is 0 Å². The van der Waals surface area contributed by atoms with Gasteiger partial charge < -0.3 is 10.0 Å². The zero-order valence-corrected chi connectivity index (χ0v) is 12.2. The van der Waals surface area contributed by atoms with Gasteiger partial charge >= 0.3 is 5.97 Å². The lowest BCUT2D eigenvalue weighted by Gasteiger charge is -2.31. The van der Waals surface area contributed by atoms with Crippen LogP contribution in [0.25, 0.3) is 0 Å². The Kier molecular flexibility index (Phi) is 6.13. The van der Waals surface area contributed by atoms with E-state index in [4.69, 9.17) is 5.11 Å². The van der Waals surface area contributed by atoms with Crippen molar-refractivity contribution in [3.63, 3.8) is 0 Å². The Morgan fingerprint density at radius 2 is 1.83 bits per heavy atom. The molecule has 18 heavy (non-hydrogen) atoms. The summed E-state index contributed by atoms with van der Waals surface area (Å²) >= 11 is 0. The Labute approximate surface area is 112 Å². The Morgan fingerprint density at radius 1 is 1.22 bits per heavy atom. The zero-order valence-electron chi connectivity index (χ0n) is 12.2.